The molecule has 0 radical (unpaired) electrons. The second kappa shape index (κ2) is 7.25. The van der Waals surface area contributed by atoms with E-state index in [1.54, 1.807) is 18.3 Å². The standard InChI is InChI=1S/C20H22N4OS/c1-12-6-7-16(14(3)13(12)2)17-11-26-20(22-17)23-19(25)15-8-9-21-18(10-15)24(4)5/h6-11H,1-5H3,(H,22,23,25). The molecule has 0 aliphatic heterocycles. The maximum Gasteiger partial charge on any atom is 0.257 e. The number of pyridine rings is 1. The maximum absolute atomic E-state index is 12.5. The largest absolute Gasteiger partial charge is 0.363 e. The van der Waals surface area contributed by atoms with Gasteiger partial charge in [-0.05, 0) is 49.6 Å². The quantitative estimate of drug-likeness (QED) is 0.741. The molecule has 26 heavy (non-hydrogen) atoms. The molecule has 0 bridgehead atoms. The summed E-state index contributed by atoms with van der Waals surface area (Å²) in [6.45, 7) is 6.33. The highest BCUT2D eigenvalue weighted by Crippen LogP contribution is 2.30. The number of carbonyl (C=O) groups is 1. The summed E-state index contributed by atoms with van der Waals surface area (Å²) in [4.78, 5) is 23.2. The molecule has 3 aromatic rings. The van der Waals surface area contributed by atoms with Crippen LogP contribution < -0.4 is 10.2 Å². The van der Waals surface area contributed by atoms with Crippen molar-refractivity contribution in [1.29, 1.82) is 0 Å². The first kappa shape index (κ1) is 18.1. The van der Waals surface area contributed by atoms with Crippen molar-refractivity contribution in [2.45, 2.75) is 20.8 Å². The lowest BCUT2D eigenvalue weighted by Gasteiger charge is -2.11. The van der Waals surface area contributed by atoms with Crippen LogP contribution in [0.25, 0.3) is 11.3 Å². The Balaban J connectivity index is 1.82. The molecule has 3 rings (SSSR count). The van der Waals surface area contributed by atoms with Gasteiger partial charge in [0.15, 0.2) is 5.13 Å². The number of amides is 1. The first-order valence-electron chi connectivity index (χ1n) is 8.34. The number of benzene rings is 1. The van der Waals surface area contributed by atoms with Crippen molar-refractivity contribution in [3.63, 3.8) is 0 Å². The third-order valence-corrected chi connectivity index (χ3v) is 5.28. The van der Waals surface area contributed by atoms with E-state index in [0.29, 0.717) is 10.7 Å². The van der Waals surface area contributed by atoms with E-state index in [4.69, 9.17) is 0 Å². The van der Waals surface area contributed by atoms with E-state index in [-0.39, 0.29) is 5.91 Å². The Labute approximate surface area is 157 Å². The fourth-order valence-corrected chi connectivity index (χ4v) is 3.37. The summed E-state index contributed by atoms with van der Waals surface area (Å²) in [5.41, 5.74) is 6.30. The SMILES string of the molecule is Cc1ccc(-c2csc(NC(=O)c3ccnc(N(C)C)c3)n2)c(C)c1C. The van der Waals surface area contributed by atoms with Gasteiger partial charge in [-0.3, -0.25) is 10.1 Å². The van der Waals surface area contributed by atoms with E-state index in [1.807, 2.05) is 24.4 Å². The van der Waals surface area contributed by atoms with Gasteiger partial charge in [0.25, 0.3) is 5.91 Å². The van der Waals surface area contributed by atoms with Crippen molar-refractivity contribution in [3.8, 4) is 11.3 Å². The van der Waals surface area contributed by atoms with Crippen LogP contribution in [0.1, 0.15) is 27.0 Å². The zero-order chi connectivity index (χ0) is 18.8. The average Bonchev–Trinajstić information content (AvgIpc) is 3.08. The molecular weight excluding hydrogens is 344 g/mol. The van der Waals surface area contributed by atoms with Gasteiger partial charge in [-0.2, -0.15) is 0 Å². The zero-order valence-corrected chi connectivity index (χ0v) is 16.4. The first-order chi connectivity index (χ1) is 12.4. The van der Waals surface area contributed by atoms with Crippen LogP contribution in [-0.2, 0) is 0 Å². The van der Waals surface area contributed by atoms with E-state index in [2.05, 4.69) is 48.2 Å². The first-order valence-corrected chi connectivity index (χ1v) is 9.22. The van der Waals surface area contributed by atoms with Crippen molar-refractivity contribution in [2.24, 2.45) is 0 Å². The highest BCUT2D eigenvalue weighted by Gasteiger charge is 2.13. The molecule has 5 nitrogen and oxygen atoms in total. The molecule has 1 N–H and O–H groups in total. The number of hydrogen-bond donors (Lipinski definition) is 1. The number of carbonyl (C=O) groups excluding carboxylic acids is 1. The third kappa shape index (κ3) is 3.60. The minimum absolute atomic E-state index is 0.187. The number of thiazole rings is 1. The summed E-state index contributed by atoms with van der Waals surface area (Å²) < 4.78 is 0. The van der Waals surface area contributed by atoms with Crippen LogP contribution in [0.2, 0.25) is 0 Å². The Hall–Kier alpha value is -2.73. The zero-order valence-electron chi connectivity index (χ0n) is 15.6. The fourth-order valence-electron chi connectivity index (χ4n) is 2.66. The number of nitrogens with one attached hydrogen (secondary N) is 1. The van der Waals surface area contributed by atoms with Crippen LogP contribution in [-0.4, -0.2) is 30.0 Å². The summed E-state index contributed by atoms with van der Waals surface area (Å²) in [6.07, 6.45) is 1.63. The van der Waals surface area contributed by atoms with Gasteiger partial charge in [-0.25, -0.2) is 9.97 Å². The Kier molecular flexibility index (Phi) is 5.04. The van der Waals surface area contributed by atoms with Crippen LogP contribution >= 0.6 is 11.3 Å². The van der Waals surface area contributed by atoms with E-state index < -0.39 is 0 Å². The molecule has 6 heteroatoms. The summed E-state index contributed by atoms with van der Waals surface area (Å²) >= 11 is 1.43. The Bertz CT molecular complexity index is 962. The molecule has 134 valence electrons. The van der Waals surface area contributed by atoms with Gasteiger partial charge in [-0.15, -0.1) is 11.3 Å². The van der Waals surface area contributed by atoms with Gasteiger partial charge in [0.2, 0.25) is 0 Å². The molecule has 0 saturated carbocycles. The molecule has 2 heterocycles. The fraction of sp³-hybridized carbons (Fsp3) is 0.250. The highest BCUT2D eigenvalue weighted by atomic mass is 32.1. The predicted octanol–water partition coefficient (Wildman–Crippen LogP) is 4.45. The second-order valence-corrected chi connectivity index (χ2v) is 7.33. The van der Waals surface area contributed by atoms with Crippen molar-refractivity contribution in [1.82, 2.24) is 9.97 Å². The van der Waals surface area contributed by atoms with Crippen molar-refractivity contribution < 1.29 is 4.79 Å². The number of rotatable bonds is 4. The lowest BCUT2D eigenvalue weighted by Crippen LogP contribution is -2.15. The Morgan fingerprint density at radius 2 is 1.88 bits per heavy atom. The number of aromatic nitrogens is 2. The molecule has 0 saturated heterocycles. The van der Waals surface area contributed by atoms with Crippen LogP contribution in [0.15, 0.2) is 35.8 Å². The van der Waals surface area contributed by atoms with Crippen LogP contribution in [0.3, 0.4) is 0 Å². The van der Waals surface area contributed by atoms with Gasteiger partial charge >= 0.3 is 0 Å². The Morgan fingerprint density at radius 3 is 2.62 bits per heavy atom. The van der Waals surface area contributed by atoms with Crippen LogP contribution in [0, 0.1) is 20.8 Å². The van der Waals surface area contributed by atoms with Gasteiger partial charge < -0.3 is 4.90 Å². The second-order valence-electron chi connectivity index (χ2n) is 6.47. The van der Waals surface area contributed by atoms with Crippen molar-refractivity contribution in [2.75, 3.05) is 24.3 Å². The van der Waals surface area contributed by atoms with Gasteiger partial charge in [-0.1, -0.05) is 12.1 Å². The third-order valence-electron chi connectivity index (χ3n) is 4.52. The van der Waals surface area contributed by atoms with E-state index >= 15 is 0 Å². The summed E-state index contributed by atoms with van der Waals surface area (Å²) in [5.74, 6) is 0.552. The smallest absolute Gasteiger partial charge is 0.257 e. The number of nitrogens with zero attached hydrogens (tertiary/aromatic N) is 3. The summed E-state index contributed by atoms with van der Waals surface area (Å²) in [6, 6.07) is 7.65. The Morgan fingerprint density at radius 1 is 1.12 bits per heavy atom. The van der Waals surface area contributed by atoms with Gasteiger partial charge in [0.1, 0.15) is 5.82 Å². The molecule has 0 spiro atoms. The van der Waals surface area contributed by atoms with Crippen LogP contribution in [0.5, 0.6) is 0 Å². The number of hydrogen-bond acceptors (Lipinski definition) is 5. The monoisotopic (exact) mass is 366 g/mol. The molecule has 1 amide bonds. The van der Waals surface area contributed by atoms with Gasteiger partial charge in [0.05, 0.1) is 5.69 Å². The topological polar surface area (TPSA) is 58.1 Å². The normalized spacial score (nSPS) is 10.7. The minimum atomic E-state index is -0.187. The lowest BCUT2D eigenvalue weighted by molar-refractivity contribution is 0.102. The van der Waals surface area contributed by atoms with Crippen molar-refractivity contribution in [3.05, 3.63) is 58.1 Å². The van der Waals surface area contributed by atoms with Crippen molar-refractivity contribution >= 4 is 28.2 Å². The van der Waals surface area contributed by atoms with E-state index in [0.717, 1.165) is 17.1 Å². The number of aryl methyl sites for hydroxylation is 1. The lowest BCUT2D eigenvalue weighted by atomic mass is 9.97. The van der Waals surface area contributed by atoms with E-state index in [9.17, 15) is 4.79 Å². The maximum atomic E-state index is 12.5. The van der Waals surface area contributed by atoms with Gasteiger partial charge in [0, 0.05) is 36.8 Å². The minimum Gasteiger partial charge on any atom is -0.363 e. The predicted molar refractivity (Wildman–Crippen MR) is 108 cm³/mol. The summed E-state index contributed by atoms with van der Waals surface area (Å²) in [5, 5.41) is 5.45. The molecule has 0 atom stereocenters. The molecule has 0 unspecified atom stereocenters. The van der Waals surface area contributed by atoms with E-state index in [1.165, 1.54) is 28.0 Å². The number of anilines is 2. The molecule has 0 aliphatic rings. The molecule has 1 aromatic carbocycles. The van der Waals surface area contributed by atoms with Crippen LogP contribution in [0.4, 0.5) is 10.9 Å². The molecule has 2 aromatic heterocycles. The highest BCUT2D eigenvalue weighted by molar-refractivity contribution is 7.14. The molecule has 0 fully saturated rings. The molecular formula is C20H22N4OS. The summed E-state index contributed by atoms with van der Waals surface area (Å²) in [7, 11) is 3.78. The molecule has 0 aliphatic carbocycles. The average molecular weight is 366 g/mol.